The summed E-state index contributed by atoms with van der Waals surface area (Å²) >= 11 is 0. The predicted molar refractivity (Wildman–Crippen MR) is 114 cm³/mol. The standard InChI is InChI=1S/C24H41NO2/c1-2-3-4-5-6-7-8-9-10-11-12-13-14-15-16-17-18-22-21-25-20-19-23(22)24(26)27/h19-21H,2-18H2,1H3,(H,26,27). The molecule has 1 aromatic rings. The minimum Gasteiger partial charge on any atom is -0.478 e. The van der Waals surface area contributed by atoms with E-state index < -0.39 is 5.97 Å². The van der Waals surface area contributed by atoms with Crippen LogP contribution in [0.2, 0.25) is 0 Å². The number of hydrogen-bond donors (Lipinski definition) is 1. The summed E-state index contributed by atoms with van der Waals surface area (Å²) in [6.07, 6.45) is 25.8. The van der Waals surface area contributed by atoms with E-state index in [0.717, 1.165) is 18.4 Å². The van der Waals surface area contributed by atoms with Gasteiger partial charge in [0.15, 0.2) is 0 Å². The second kappa shape index (κ2) is 16.8. The number of aromatic nitrogens is 1. The van der Waals surface area contributed by atoms with Gasteiger partial charge in [0.05, 0.1) is 5.56 Å². The van der Waals surface area contributed by atoms with E-state index in [9.17, 15) is 9.90 Å². The molecule has 0 saturated carbocycles. The highest BCUT2D eigenvalue weighted by atomic mass is 16.4. The normalized spacial score (nSPS) is 11.0. The molecule has 0 aliphatic heterocycles. The Bertz CT molecular complexity index is 487. The van der Waals surface area contributed by atoms with Crippen LogP contribution in [0, 0.1) is 0 Å². The van der Waals surface area contributed by atoms with E-state index in [2.05, 4.69) is 11.9 Å². The summed E-state index contributed by atoms with van der Waals surface area (Å²) in [6.45, 7) is 2.28. The van der Waals surface area contributed by atoms with E-state index in [4.69, 9.17) is 0 Å². The smallest absolute Gasteiger partial charge is 0.336 e. The number of aryl methyl sites for hydroxylation is 1. The molecule has 1 aromatic heterocycles. The van der Waals surface area contributed by atoms with Crippen molar-refractivity contribution in [2.75, 3.05) is 0 Å². The van der Waals surface area contributed by atoms with Crippen LogP contribution < -0.4 is 0 Å². The maximum Gasteiger partial charge on any atom is 0.336 e. The zero-order chi connectivity index (χ0) is 19.6. The van der Waals surface area contributed by atoms with Crippen molar-refractivity contribution in [1.29, 1.82) is 0 Å². The number of carboxylic acids is 1. The number of pyridine rings is 1. The van der Waals surface area contributed by atoms with Crippen LogP contribution in [0.25, 0.3) is 0 Å². The van der Waals surface area contributed by atoms with Crippen LogP contribution >= 0.6 is 0 Å². The molecule has 0 spiro atoms. The maximum atomic E-state index is 11.2. The first-order valence-corrected chi connectivity index (χ1v) is 11.4. The van der Waals surface area contributed by atoms with Gasteiger partial charge in [-0.2, -0.15) is 0 Å². The molecule has 0 unspecified atom stereocenters. The van der Waals surface area contributed by atoms with Crippen LogP contribution in [0.5, 0.6) is 0 Å². The monoisotopic (exact) mass is 375 g/mol. The number of nitrogens with zero attached hydrogens (tertiary/aromatic N) is 1. The van der Waals surface area contributed by atoms with Gasteiger partial charge in [-0.25, -0.2) is 4.79 Å². The number of carboxylic acid groups (broad SMARTS) is 1. The van der Waals surface area contributed by atoms with Gasteiger partial charge < -0.3 is 5.11 Å². The molecule has 154 valence electrons. The number of aromatic carboxylic acids is 1. The molecular formula is C24H41NO2. The van der Waals surface area contributed by atoms with Gasteiger partial charge in [0, 0.05) is 12.4 Å². The van der Waals surface area contributed by atoms with E-state index in [1.54, 1.807) is 18.5 Å². The van der Waals surface area contributed by atoms with Crippen molar-refractivity contribution in [3.8, 4) is 0 Å². The van der Waals surface area contributed by atoms with Gasteiger partial charge in [-0.05, 0) is 24.5 Å². The summed E-state index contributed by atoms with van der Waals surface area (Å²) in [5, 5.41) is 9.17. The van der Waals surface area contributed by atoms with Gasteiger partial charge in [-0.1, -0.05) is 103 Å². The highest BCUT2D eigenvalue weighted by molar-refractivity contribution is 5.89. The Kier molecular flexibility index (Phi) is 14.7. The van der Waals surface area contributed by atoms with E-state index in [1.165, 1.54) is 96.3 Å². The fourth-order valence-electron chi connectivity index (χ4n) is 3.70. The van der Waals surface area contributed by atoms with Crippen molar-refractivity contribution >= 4 is 5.97 Å². The minimum absolute atomic E-state index is 0.408. The highest BCUT2D eigenvalue weighted by Gasteiger charge is 2.08. The molecule has 0 atom stereocenters. The SMILES string of the molecule is CCCCCCCCCCCCCCCCCCc1cnccc1C(=O)O. The molecule has 0 amide bonds. The summed E-state index contributed by atoms with van der Waals surface area (Å²) in [6, 6.07) is 1.60. The maximum absolute atomic E-state index is 11.2. The fraction of sp³-hybridized carbons (Fsp3) is 0.750. The molecular weight excluding hydrogens is 334 g/mol. The first kappa shape index (κ1) is 23.7. The molecule has 1 rings (SSSR count). The molecule has 0 aliphatic carbocycles. The lowest BCUT2D eigenvalue weighted by Crippen LogP contribution is -2.03. The Morgan fingerprint density at radius 2 is 1.22 bits per heavy atom. The molecule has 0 bridgehead atoms. The molecule has 1 N–H and O–H groups in total. The summed E-state index contributed by atoms with van der Waals surface area (Å²) in [4.78, 5) is 15.2. The molecule has 0 aromatic carbocycles. The van der Waals surface area contributed by atoms with Gasteiger partial charge in [0.25, 0.3) is 0 Å². The molecule has 0 fully saturated rings. The number of rotatable bonds is 18. The Labute approximate surface area is 167 Å². The second-order valence-corrected chi connectivity index (χ2v) is 7.89. The third kappa shape index (κ3) is 12.6. The van der Waals surface area contributed by atoms with Crippen LogP contribution in [0.4, 0.5) is 0 Å². The lowest BCUT2D eigenvalue weighted by Gasteiger charge is -2.05. The van der Waals surface area contributed by atoms with Crippen LogP contribution in [-0.2, 0) is 6.42 Å². The molecule has 0 saturated heterocycles. The van der Waals surface area contributed by atoms with Crippen LogP contribution in [0.3, 0.4) is 0 Å². The molecule has 0 aliphatic rings. The fourth-order valence-corrected chi connectivity index (χ4v) is 3.70. The number of unbranched alkanes of at least 4 members (excludes halogenated alkanes) is 15. The van der Waals surface area contributed by atoms with Crippen molar-refractivity contribution in [2.24, 2.45) is 0 Å². The van der Waals surface area contributed by atoms with Gasteiger partial charge >= 0.3 is 5.97 Å². The van der Waals surface area contributed by atoms with Crippen LogP contribution in [-0.4, -0.2) is 16.1 Å². The molecule has 3 heteroatoms. The first-order chi connectivity index (χ1) is 13.3. The topological polar surface area (TPSA) is 50.2 Å². The van der Waals surface area contributed by atoms with Crippen LogP contribution in [0.15, 0.2) is 18.5 Å². The Morgan fingerprint density at radius 3 is 1.67 bits per heavy atom. The quantitative estimate of drug-likeness (QED) is 0.269. The first-order valence-electron chi connectivity index (χ1n) is 11.4. The predicted octanol–water partition coefficient (Wildman–Crippen LogP) is 7.58. The van der Waals surface area contributed by atoms with Gasteiger partial charge in [-0.15, -0.1) is 0 Å². The van der Waals surface area contributed by atoms with E-state index in [-0.39, 0.29) is 0 Å². The van der Waals surface area contributed by atoms with Crippen molar-refractivity contribution < 1.29 is 9.90 Å². The van der Waals surface area contributed by atoms with E-state index >= 15 is 0 Å². The van der Waals surface area contributed by atoms with Gasteiger partial charge in [-0.3, -0.25) is 4.98 Å². The van der Waals surface area contributed by atoms with Crippen molar-refractivity contribution in [2.45, 2.75) is 116 Å². The highest BCUT2D eigenvalue weighted by Crippen LogP contribution is 2.15. The number of hydrogen-bond acceptors (Lipinski definition) is 2. The molecule has 1 heterocycles. The largest absolute Gasteiger partial charge is 0.478 e. The van der Waals surface area contributed by atoms with Crippen LogP contribution in [0.1, 0.15) is 126 Å². The molecule has 27 heavy (non-hydrogen) atoms. The third-order valence-corrected chi connectivity index (χ3v) is 5.43. The Hall–Kier alpha value is -1.38. The van der Waals surface area contributed by atoms with Crippen molar-refractivity contribution in [3.63, 3.8) is 0 Å². The average molecular weight is 376 g/mol. The van der Waals surface area contributed by atoms with Crippen molar-refractivity contribution in [3.05, 3.63) is 29.6 Å². The Balaban J connectivity index is 1.85. The average Bonchev–Trinajstić information content (AvgIpc) is 2.68. The van der Waals surface area contributed by atoms with Gasteiger partial charge in [0.1, 0.15) is 0 Å². The summed E-state index contributed by atoms with van der Waals surface area (Å²) in [7, 11) is 0. The second-order valence-electron chi connectivity index (χ2n) is 7.89. The zero-order valence-electron chi connectivity index (χ0n) is 17.6. The molecule has 3 nitrogen and oxygen atoms in total. The van der Waals surface area contributed by atoms with Crippen molar-refractivity contribution in [1.82, 2.24) is 4.98 Å². The lowest BCUT2D eigenvalue weighted by molar-refractivity contribution is 0.0695. The minimum atomic E-state index is -0.844. The molecule has 0 radical (unpaired) electrons. The number of carbonyl (C=O) groups is 1. The van der Waals surface area contributed by atoms with E-state index in [0.29, 0.717) is 5.56 Å². The van der Waals surface area contributed by atoms with Gasteiger partial charge in [0.2, 0.25) is 0 Å². The summed E-state index contributed by atoms with van der Waals surface area (Å²) < 4.78 is 0. The summed E-state index contributed by atoms with van der Waals surface area (Å²) in [5.41, 5.74) is 1.28. The third-order valence-electron chi connectivity index (χ3n) is 5.43. The Morgan fingerprint density at radius 1 is 0.778 bits per heavy atom. The summed E-state index contributed by atoms with van der Waals surface area (Å²) in [5.74, 6) is -0.844. The van der Waals surface area contributed by atoms with E-state index in [1.807, 2.05) is 0 Å². The lowest BCUT2D eigenvalue weighted by atomic mass is 10.0. The zero-order valence-corrected chi connectivity index (χ0v) is 17.6.